The Bertz CT molecular complexity index is 848. The number of Topliss-reactive ketones (excluding diaryl/α,β-unsaturated/α-hetero) is 2. The summed E-state index contributed by atoms with van der Waals surface area (Å²) in [6, 6.07) is -0.468. The van der Waals surface area contributed by atoms with Gasteiger partial charge in [-0.2, -0.15) is 0 Å². The first-order valence-corrected chi connectivity index (χ1v) is 15.3. The molecule has 0 radical (unpaired) electrons. The van der Waals surface area contributed by atoms with Crippen LogP contribution < -0.4 is 5.32 Å². The molecule has 0 bridgehead atoms. The first-order chi connectivity index (χ1) is 19.6. The predicted molar refractivity (Wildman–Crippen MR) is 157 cm³/mol. The summed E-state index contributed by atoms with van der Waals surface area (Å²) in [5.41, 5.74) is 0. The van der Waals surface area contributed by atoms with Crippen molar-refractivity contribution in [3.8, 4) is 0 Å². The Morgan fingerprint density at radius 3 is 1.86 bits per heavy atom. The summed E-state index contributed by atoms with van der Waals surface area (Å²) >= 11 is 0. The fraction of sp³-hybridized carbons (Fsp3) is 0.839. The van der Waals surface area contributed by atoms with E-state index in [1.54, 1.807) is 13.8 Å². The van der Waals surface area contributed by atoms with Gasteiger partial charge < -0.3 is 35.3 Å². The molecule has 0 spiro atoms. The Morgan fingerprint density at radius 1 is 0.786 bits per heavy atom. The molecule has 8 unspecified atom stereocenters. The molecule has 0 aliphatic heterocycles. The molecular weight excluding hydrogens is 546 g/mol. The number of ketones is 2. The van der Waals surface area contributed by atoms with Crippen molar-refractivity contribution in [2.24, 2.45) is 17.8 Å². The Hall–Kier alpha value is -2.37. The van der Waals surface area contributed by atoms with Crippen LogP contribution in [0.2, 0.25) is 0 Å². The number of hydrogen-bond donors (Lipinski definition) is 5. The standard InChI is InChI=1S/C31H55NO10/c1-7-8-11-20(3)30(39)28(42-29(38)17-24(31(40)41)16-21(4)33)15-19(2)14-25(35)12-9-10-13-26(36)18-27(37)22(5)32-23(6)34/h19-20,22,24-28,35-37H,7-18H2,1-6H3,(H,32,34)(H,40,41). The monoisotopic (exact) mass is 601 g/mol. The molecule has 244 valence electrons. The molecule has 0 aromatic carbocycles. The number of carboxylic acid groups (broad SMARTS) is 1. The molecule has 42 heavy (non-hydrogen) atoms. The van der Waals surface area contributed by atoms with Gasteiger partial charge in [0.25, 0.3) is 0 Å². The molecule has 0 heterocycles. The van der Waals surface area contributed by atoms with E-state index >= 15 is 0 Å². The second kappa shape index (κ2) is 21.3. The minimum atomic E-state index is -1.28. The van der Waals surface area contributed by atoms with Gasteiger partial charge in [0.1, 0.15) is 5.78 Å². The molecule has 11 nitrogen and oxygen atoms in total. The number of aliphatic hydroxyl groups is 3. The smallest absolute Gasteiger partial charge is 0.307 e. The number of carbonyl (C=O) groups is 5. The molecule has 11 heteroatoms. The number of aliphatic carboxylic acids is 1. The van der Waals surface area contributed by atoms with Crippen LogP contribution in [-0.2, 0) is 28.7 Å². The number of rotatable bonds is 24. The van der Waals surface area contributed by atoms with Gasteiger partial charge in [0.2, 0.25) is 5.91 Å². The van der Waals surface area contributed by atoms with Crippen LogP contribution in [0.1, 0.15) is 119 Å². The SMILES string of the molecule is CCCCC(C)C(=O)C(CC(C)CC(O)CCCCC(O)CC(O)C(C)NC(C)=O)OC(=O)CC(CC(C)=O)C(=O)O. The van der Waals surface area contributed by atoms with Crippen molar-refractivity contribution in [3.63, 3.8) is 0 Å². The third kappa shape index (κ3) is 18.2. The highest BCUT2D eigenvalue weighted by molar-refractivity contribution is 5.89. The summed E-state index contributed by atoms with van der Waals surface area (Å²) in [6.45, 7) is 9.92. The molecule has 1 amide bonds. The normalized spacial score (nSPS) is 17.2. The number of unbranched alkanes of at least 4 members (excludes halogenated alkanes) is 2. The van der Waals surface area contributed by atoms with E-state index in [4.69, 9.17) is 4.74 Å². The van der Waals surface area contributed by atoms with Crippen molar-refractivity contribution < 1.29 is 49.1 Å². The predicted octanol–water partition coefficient (Wildman–Crippen LogP) is 3.34. The highest BCUT2D eigenvalue weighted by atomic mass is 16.5. The topological polar surface area (TPSA) is 188 Å². The van der Waals surface area contributed by atoms with Gasteiger partial charge in [-0.3, -0.25) is 19.2 Å². The van der Waals surface area contributed by atoms with Crippen LogP contribution in [-0.4, -0.2) is 80.3 Å². The molecule has 0 aliphatic rings. The zero-order valence-corrected chi connectivity index (χ0v) is 26.3. The number of ether oxygens (including phenoxy) is 1. The quantitative estimate of drug-likeness (QED) is 0.0811. The lowest BCUT2D eigenvalue weighted by Gasteiger charge is -2.25. The lowest BCUT2D eigenvalue weighted by atomic mass is 9.88. The van der Waals surface area contributed by atoms with Gasteiger partial charge in [-0.05, 0) is 51.9 Å². The van der Waals surface area contributed by atoms with E-state index in [9.17, 15) is 44.4 Å². The van der Waals surface area contributed by atoms with Crippen molar-refractivity contribution in [2.75, 3.05) is 0 Å². The minimum absolute atomic E-state index is 0.133. The van der Waals surface area contributed by atoms with Crippen molar-refractivity contribution in [3.05, 3.63) is 0 Å². The van der Waals surface area contributed by atoms with E-state index < -0.39 is 54.7 Å². The van der Waals surface area contributed by atoms with Crippen LogP contribution in [0.15, 0.2) is 0 Å². The first-order valence-electron chi connectivity index (χ1n) is 15.3. The van der Waals surface area contributed by atoms with Gasteiger partial charge in [-0.25, -0.2) is 0 Å². The number of esters is 1. The zero-order chi connectivity index (χ0) is 32.4. The van der Waals surface area contributed by atoms with Crippen LogP contribution in [0.25, 0.3) is 0 Å². The van der Waals surface area contributed by atoms with Crippen LogP contribution in [0, 0.1) is 17.8 Å². The largest absolute Gasteiger partial charge is 0.481 e. The number of aliphatic hydroxyl groups excluding tert-OH is 3. The van der Waals surface area contributed by atoms with E-state index in [-0.39, 0.29) is 48.6 Å². The fourth-order valence-corrected chi connectivity index (χ4v) is 5.02. The molecular formula is C31H55NO10. The molecule has 0 aliphatic carbocycles. The summed E-state index contributed by atoms with van der Waals surface area (Å²) in [5.74, 6) is -4.71. The molecule has 0 fully saturated rings. The van der Waals surface area contributed by atoms with Gasteiger partial charge in [-0.1, -0.05) is 46.5 Å². The van der Waals surface area contributed by atoms with Crippen LogP contribution in [0.3, 0.4) is 0 Å². The molecule has 0 aromatic rings. The van der Waals surface area contributed by atoms with Crippen molar-refractivity contribution in [2.45, 2.75) is 149 Å². The van der Waals surface area contributed by atoms with Crippen molar-refractivity contribution >= 4 is 29.4 Å². The molecule has 0 saturated carbocycles. The van der Waals surface area contributed by atoms with Crippen molar-refractivity contribution in [1.29, 1.82) is 0 Å². The van der Waals surface area contributed by atoms with Gasteiger partial charge in [0.05, 0.1) is 36.7 Å². The molecule has 8 atom stereocenters. The van der Waals surface area contributed by atoms with Gasteiger partial charge >= 0.3 is 11.9 Å². The number of amides is 1. The summed E-state index contributed by atoms with van der Waals surface area (Å²) in [7, 11) is 0. The average Bonchev–Trinajstić information content (AvgIpc) is 2.87. The Morgan fingerprint density at radius 2 is 1.36 bits per heavy atom. The molecule has 0 aromatic heterocycles. The van der Waals surface area contributed by atoms with Crippen LogP contribution in [0.4, 0.5) is 0 Å². The van der Waals surface area contributed by atoms with Gasteiger partial charge in [0, 0.05) is 25.7 Å². The van der Waals surface area contributed by atoms with Crippen LogP contribution >= 0.6 is 0 Å². The van der Waals surface area contributed by atoms with Crippen LogP contribution in [0.5, 0.6) is 0 Å². The number of carbonyl (C=O) groups excluding carboxylic acids is 4. The molecule has 5 N–H and O–H groups in total. The minimum Gasteiger partial charge on any atom is -0.481 e. The first kappa shape index (κ1) is 39.6. The summed E-state index contributed by atoms with van der Waals surface area (Å²) in [4.78, 5) is 59.8. The van der Waals surface area contributed by atoms with Crippen molar-refractivity contribution in [1.82, 2.24) is 5.32 Å². The van der Waals surface area contributed by atoms with Gasteiger partial charge in [0.15, 0.2) is 11.9 Å². The Kier molecular flexibility index (Phi) is 20.1. The fourth-order valence-electron chi connectivity index (χ4n) is 5.02. The summed E-state index contributed by atoms with van der Waals surface area (Å²) in [5, 5.41) is 42.9. The maximum atomic E-state index is 13.2. The number of nitrogens with one attached hydrogen (secondary N) is 1. The van der Waals surface area contributed by atoms with E-state index in [1.807, 2.05) is 13.8 Å². The second-order valence-electron chi connectivity index (χ2n) is 12.0. The number of hydrogen-bond acceptors (Lipinski definition) is 9. The van der Waals surface area contributed by atoms with E-state index in [1.165, 1.54) is 13.8 Å². The summed E-state index contributed by atoms with van der Waals surface area (Å²) < 4.78 is 5.51. The lowest BCUT2D eigenvalue weighted by molar-refractivity contribution is -0.161. The summed E-state index contributed by atoms with van der Waals surface area (Å²) in [6.07, 6.45) is 1.10. The molecule has 0 saturated heterocycles. The molecule has 0 rings (SSSR count). The highest BCUT2D eigenvalue weighted by Crippen LogP contribution is 2.24. The zero-order valence-electron chi connectivity index (χ0n) is 26.3. The second-order valence-corrected chi connectivity index (χ2v) is 12.0. The highest BCUT2D eigenvalue weighted by Gasteiger charge is 2.31. The lowest BCUT2D eigenvalue weighted by Crippen LogP contribution is -2.41. The third-order valence-corrected chi connectivity index (χ3v) is 7.50. The van der Waals surface area contributed by atoms with Gasteiger partial charge in [-0.15, -0.1) is 0 Å². The number of carboxylic acids is 1. The maximum absolute atomic E-state index is 13.2. The average molecular weight is 602 g/mol. The maximum Gasteiger partial charge on any atom is 0.307 e. The van der Waals surface area contributed by atoms with E-state index in [0.29, 0.717) is 38.5 Å². The Labute approximate surface area is 250 Å². The van der Waals surface area contributed by atoms with E-state index in [0.717, 1.165) is 12.8 Å². The Balaban J connectivity index is 4.94. The third-order valence-electron chi connectivity index (χ3n) is 7.50. The van der Waals surface area contributed by atoms with E-state index in [2.05, 4.69) is 5.32 Å².